The predicted molar refractivity (Wildman–Crippen MR) is 107 cm³/mol. The van der Waals surface area contributed by atoms with Crippen molar-refractivity contribution in [3.8, 4) is 11.5 Å². The van der Waals surface area contributed by atoms with E-state index in [-0.39, 0.29) is 12.4 Å². The van der Waals surface area contributed by atoms with Gasteiger partial charge in [0.2, 0.25) is 0 Å². The van der Waals surface area contributed by atoms with Crippen molar-refractivity contribution in [2.24, 2.45) is 0 Å². The van der Waals surface area contributed by atoms with Crippen LogP contribution in [0.15, 0.2) is 42.5 Å². The summed E-state index contributed by atoms with van der Waals surface area (Å²) in [6, 6.07) is 13.7. The van der Waals surface area contributed by atoms with Crippen LogP contribution in [-0.2, 0) is 13.2 Å². The third-order valence-electron chi connectivity index (χ3n) is 3.82. The van der Waals surface area contributed by atoms with E-state index in [9.17, 15) is 0 Å². The standard InChI is InChI=1S/C20H26ClNO2.ClH/c1-3-4-5-12-22-14-17-8-11-19(20(13-17)23-2)24-15-16-6-9-18(21)10-7-16;/h6-11,13,22H,3-5,12,14-15H2,1-2H3;1H. The molecule has 3 nitrogen and oxygen atoms in total. The first-order valence-electron chi connectivity index (χ1n) is 8.47. The van der Waals surface area contributed by atoms with Crippen molar-refractivity contribution in [1.82, 2.24) is 5.32 Å². The Morgan fingerprint density at radius 3 is 2.36 bits per heavy atom. The summed E-state index contributed by atoms with van der Waals surface area (Å²) < 4.78 is 11.3. The van der Waals surface area contributed by atoms with Crippen molar-refractivity contribution in [1.29, 1.82) is 0 Å². The Kier molecular flexibility index (Phi) is 10.4. The zero-order valence-electron chi connectivity index (χ0n) is 14.9. The van der Waals surface area contributed by atoms with E-state index in [2.05, 4.69) is 18.3 Å². The highest BCUT2D eigenvalue weighted by molar-refractivity contribution is 6.30. The first kappa shape index (κ1) is 21.6. The molecule has 0 aliphatic rings. The first-order valence-corrected chi connectivity index (χ1v) is 8.85. The van der Waals surface area contributed by atoms with E-state index >= 15 is 0 Å². The van der Waals surface area contributed by atoms with Crippen molar-refractivity contribution in [3.05, 3.63) is 58.6 Å². The Bertz CT molecular complexity index is 618. The summed E-state index contributed by atoms with van der Waals surface area (Å²) in [5.74, 6) is 1.51. The predicted octanol–water partition coefficient (Wildman–Crippen LogP) is 5.63. The van der Waals surface area contributed by atoms with Gasteiger partial charge in [-0.15, -0.1) is 12.4 Å². The molecule has 0 atom stereocenters. The molecule has 0 saturated heterocycles. The first-order chi connectivity index (χ1) is 11.7. The maximum atomic E-state index is 5.90. The fourth-order valence-corrected chi connectivity index (χ4v) is 2.54. The van der Waals surface area contributed by atoms with E-state index in [1.54, 1.807) is 7.11 Å². The van der Waals surface area contributed by atoms with Crippen LogP contribution in [0.5, 0.6) is 11.5 Å². The highest BCUT2D eigenvalue weighted by atomic mass is 35.5. The van der Waals surface area contributed by atoms with Gasteiger partial charge in [-0.1, -0.05) is 49.6 Å². The Morgan fingerprint density at radius 1 is 0.960 bits per heavy atom. The average molecular weight is 384 g/mol. The summed E-state index contributed by atoms with van der Waals surface area (Å²) in [7, 11) is 1.67. The normalized spacial score (nSPS) is 10.2. The second-order valence-corrected chi connectivity index (χ2v) is 6.22. The molecule has 25 heavy (non-hydrogen) atoms. The third kappa shape index (κ3) is 7.55. The molecule has 0 heterocycles. The Hall–Kier alpha value is -1.42. The molecule has 0 radical (unpaired) electrons. The molecule has 2 aromatic rings. The van der Waals surface area contributed by atoms with Crippen LogP contribution in [-0.4, -0.2) is 13.7 Å². The van der Waals surface area contributed by atoms with Crippen LogP contribution in [0.25, 0.3) is 0 Å². The molecule has 0 unspecified atom stereocenters. The van der Waals surface area contributed by atoms with Crippen molar-refractivity contribution >= 4 is 24.0 Å². The molecular formula is C20H27Cl2NO2. The quantitative estimate of drug-likeness (QED) is 0.539. The van der Waals surface area contributed by atoms with Crippen molar-refractivity contribution in [3.63, 3.8) is 0 Å². The zero-order valence-corrected chi connectivity index (χ0v) is 16.5. The summed E-state index contributed by atoms with van der Waals surface area (Å²) in [5, 5.41) is 4.19. The molecule has 0 amide bonds. The molecule has 5 heteroatoms. The molecule has 0 fully saturated rings. The van der Waals surface area contributed by atoms with E-state index in [1.807, 2.05) is 36.4 Å². The minimum atomic E-state index is 0. The number of methoxy groups -OCH3 is 1. The summed E-state index contributed by atoms with van der Waals surface area (Å²) in [5.41, 5.74) is 2.27. The molecule has 0 saturated carbocycles. The second-order valence-electron chi connectivity index (χ2n) is 5.78. The molecule has 0 aliphatic carbocycles. The highest BCUT2D eigenvalue weighted by Crippen LogP contribution is 2.29. The second kappa shape index (κ2) is 12.0. The lowest BCUT2D eigenvalue weighted by atomic mass is 10.2. The van der Waals surface area contributed by atoms with Gasteiger partial charge in [0, 0.05) is 11.6 Å². The number of nitrogens with one attached hydrogen (secondary N) is 1. The molecule has 2 rings (SSSR count). The highest BCUT2D eigenvalue weighted by Gasteiger charge is 2.06. The van der Waals surface area contributed by atoms with Crippen LogP contribution in [0, 0.1) is 0 Å². The molecule has 0 aromatic heterocycles. The molecule has 138 valence electrons. The molecule has 0 aliphatic heterocycles. The van der Waals surface area contributed by atoms with Crippen molar-refractivity contribution in [2.45, 2.75) is 39.3 Å². The SMILES string of the molecule is CCCCCNCc1ccc(OCc2ccc(Cl)cc2)c(OC)c1.Cl. The molecule has 0 spiro atoms. The van der Waals surface area contributed by atoms with Gasteiger partial charge in [-0.05, 0) is 48.4 Å². The van der Waals surface area contributed by atoms with Crippen LogP contribution >= 0.6 is 24.0 Å². The van der Waals surface area contributed by atoms with E-state index < -0.39 is 0 Å². The number of rotatable bonds is 10. The van der Waals surface area contributed by atoms with Crippen LogP contribution in [0.1, 0.15) is 37.3 Å². The summed E-state index contributed by atoms with van der Waals surface area (Å²) in [6.07, 6.45) is 3.73. The minimum absolute atomic E-state index is 0. The largest absolute Gasteiger partial charge is 0.493 e. The number of hydrogen-bond acceptors (Lipinski definition) is 3. The van der Waals surface area contributed by atoms with E-state index in [0.717, 1.165) is 35.2 Å². The lowest BCUT2D eigenvalue weighted by Crippen LogP contribution is -2.14. The topological polar surface area (TPSA) is 30.5 Å². The fraction of sp³-hybridized carbons (Fsp3) is 0.400. The smallest absolute Gasteiger partial charge is 0.161 e. The fourth-order valence-electron chi connectivity index (χ4n) is 2.42. The Labute approximate surface area is 162 Å². The van der Waals surface area contributed by atoms with Gasteiger partial charge >= 0.3 is 0 Å². The average Bonchev–Trinajstić information content (AvgIpc) is 2.61. The van der Waals surface area contributed by atoms with Gasteiger partial charge in [-0.2, -0.15) is 0 Å². The molecular weight excluding hydrogens is 357 g/mol. The maximum absolute atomic E-state index is 5.90. The Balaban J connectivity index is 0.00000312. The van der Waals surface area contributed by atoms with Crippen LogP contribution in [0.3, 0.4) is 0 Å². The van der Waals surface area contributed by atoms with Gasteiger partial charge in [0.15, 0.2) is 11.5 Å². The van der Waals surface area contributed by atoms with E-state index in [4.69, 9.17) is 21.1 Å². The van der Waals surface area contributed by atoms with Gasteiger partial charge in [0.1, 0.15) is 6.61 Å². The third-order valence-corrected chi connectivity index (χ3v) is 4.07. The van der Waals surface area contributed by atoms with Crippen molar-refractivity contribution < 1.29 is 9.47 Å². The molecule has 1 N–H and O–H groups in total. The zero-order chi connectivity index (χ0) is 17.2. The molecule has 0 bridgehead atoms. The van der Waals surface area contributed by atoms with Crippen LogP contribution in [0.2, 0.25) is 5.02 Å². The Morgan fingerprint density at radius 2 is 1.68 bits per heavy atom. The number of ether oxygens (including phenoxy) is 2. The van der Waals surface area contributed by atoms with Crippen LogP contribution < -0.4 is 14.8 Å². The van der Waals surface area contributed by atoms with Gasteiger partial charge in [0.05, 0.1) is 7.11 Å². The number of hydrogen-bond donors (Lipinski definition) is 1. The maximum Gasteiger partial charge on any atom is 0.161 e. The molecule has 2 aromatic carbocycles. The number of unbranched alkanes of at least 4 members (excludes halogenated alkanes) is 2. The van der Waals surface area contributed by atoms with Gasteiger partial charge in [-0.3, -0.25) is 0 Å². The van der Waals surface area contributed by atoms with Crippen molar-refractivity contribution in [2.75, 3.05) is 13.7 Å². The monoisotopic (exact) mass is 383 g/mol. The van der Waals surface area contributed by atoms with Gasteiger partial charge < -0.3 is 14.8 Å². The number of halogens is 2. The lowest BCUT2D eigenvalue weighted by molar-refractivity contribution is 0.284. The minimum Gasteiger partial charge on any atom is -0.493 e. The van der Waals surface area contributed by atoms with E-state index in [0.29, 0.717) is 6.61 Å². The summed E-state index contributed by atoms with van der Waals surface area (Å²) >= 11 is 5.90. The lowest BCUT2D eigenvalue weighted by Gasteiger charge is -2.13. The summed E-state index contributed by atoms with van der Waals surface area (Å²) in [4.78, 5) is 0. The van der Waals surface area contributed by atoms with Crippen LogP contribution in [0.4, 0.5) is 0 Å². The van der Waals surface area contributed by atoms with Gasteiger partial charge in [-0.25, -0.2) is 0 Å². The van der Waals surface area contributed by atoms with E-state index in [1.165, 1.54) is 24.8 Å². The van der Waals surface area contributed by atoms with Gasteiger partial charge in [0.25, 0.3) is 0 Å². The number of benzene rings is 2. The summed E-state index contributed by atoms with van der Waals surface area (Å²) in [6.45, 7) is 4.60.